The van der Waals surface area contributed by atoms with E-state index in [1.54, 1.807) is 0 Å². The summed E-state index contributed by atoms with van der Waals surface area (Å²) in [5, 5.41) is 0. The Balaban J connectivity index is 2.23. The summed E-state index contributed by atoms with van der Waals surface area (Å²) in [7, 11) is 0. The molecule has 0 saturated heterocycles. The van der Waals surface area contributed by atoms with E-state index in [2.05, 4.69) is 35.2 Å². The lowest BCUT2D eigenvalue weighted by Gasteiger charge is -2.37. The first-order valence-corrected chi connectivity index (χ1v) is 8.13. The maximum Gasteiger partial charge on any atom is 0.0948 e. The normalized spacial score (nSPS) is 18.3. The molecule has 1 heterocycles. The van der Waals surface area contributed by atoms with Crippen molar-refractivity contribution in [1.29, 1.82) is 0 Å². The third-order valence-electron chi connectivity index (χ3n) is 4.42. The van der Waals surface area contributed by atoms with Crippen LogP contribution in [0.5, 0.6) is 0 Å². The molecule has 1 aliphatic carbocycles. The fourth-order valence-electron chi connectivity index (χ4n) is 3.49. The zero-order valence-corrected chi connectivity index (χ0v) is 13.3. The molecular formula is C16H30N4. The minimum atomic E-state index is 0.308. The van der Waals surface area contributed by atoms with Crippen LogP contribution in [0.3, 0.4) is 0 Å². The number of nitrogens with zero attached hydrogens (tertiary/aromatic N) is 3. The molecule has 1 fully saturated rings. The van der Waals surface area contributed by atoms with Crippen molar-refractivity contribution >= 4 is 0 Å². The molecule has 20 heavy (non-hydrogen) atoms. The monoisotopic (exact) mass is 278 g/mol. The number of aromatic nitrogens is 2. The van der Waals surface area contributed by atoms with Gasteiger partial charge in [0.05, 0.1) is 18.1 Å². The highest BCUT2D eigenvalue weighted by atomic mass is 15.2. The second kappa shape index (κ2) is 7.23. The first-order chi connectivity index (χ1) is 9.67. The zero-order valence-electron chi connectivity index (χ0n) is 13.3. The highest BCUT2D eigenvalue weighted by molar-refractivity contribution is 5.08. The van der Waals surface area contributed by atoms with Gasteiger partial charge in [0.1, 0.15) is 0 Å². The molecule has 0 aliphatic heterocycles. The molecule has 0 bridgehead atoms. The van der Waals surface area contributed by atoms with Crippen LogP contribution in [0.1, 0.15) is 58.2 Å². The van der Waals surface area contributed by atoms with Gasteiger partial charge < -0.3 is 10.3 Å². The molecule has 1 aromatic heterocycles. The standard InChI is InChI=1S/C16H30N4/c1-4-19-12-18-10-16(19)15(9-17)20(11-13(2)3)14-7-5-6-8-14/h10,12-15H,4-9,11,17H2,1-3H3. The van der Waals surface area contributed by atoms with Crippen molar-refractivity contribution in [1.82, 2.24) is 14.5 Å². The van der Waals surface area contributed by atoms with Crippen molar-refractivity contribution in [3.8, 4) is 0 Å². The smallest absolute Gasteiger partial charge is 0.0948 e. The van der Waals surface area contributed by atoms with E-state index < -0.39 is 0 Å². The van der Waals surface area contributed by atoms with E-state index >= 15 is 0 Å². The number of hydrogen-bond acceptors (Lipinski definition) is 3. The van der Waals surface area contributed by atoms with Crippen molar-refractivity contribution in [3.63, 3.8) is 0 Å². The number of hydrogen-bond donors (Lipinski definition) is 1. The number of aryl methyl sites for hydroxylation is 1. The van der Waals surface area contributed by atoms with Gasteiger partial charge in [-0.3, -0.25) is 4.90 Å². The van der Waals surface area contributed by atoms with Crippen LogP contribution in [-0.2, 0) is 6.54 Å². The summed E-state index contributed by atoms with van der Waals surface area (Å²) in [6, 6.07) is 1.01. The quantitative estimate of drug-likeness (QED) is 0.834. The van der Waals surface area contributed by atoms with Crippen molar-refractivity contribution in [2.24, 2.45) is 11.7 Å². The molecule has 0 amide bonds. The van der Waals surface area contributed by atoms with E-state index in [9.17, 15) is 0 Å². The molecule has 1 aromatic rings. The molecule has 1 unspecified atom stereocenters. The molecule has 0 aromatic carbocycles. The fourth-order valence-corrected chi connectivity index (χ4v) is 3.49. The van der Waals surface area contributed by atoms with Gasteiger partial charge in [-0.1, -0.05) is 26.7 Å². The summed E-state index contributed by atoms with van der Waals surface area (Å²) >= 11 is 0. The van der Waals surface area contributed by atoms with E-state index in [4.69, 9.17) is 5.73 Å². The minimum absolute atomic E-state index is 0.308. The molecule has 4 nitrogen and oxygen atoms in total. The van der Waals surface area contributed by atoms with Crippen molar-refractivity contribution in [3.05, 3.63) is 18.2 Å². The van der Waals surface area contributed by atoms with Crippen molar-refractivity contribution in [2.45, 2.75) is 65.1 Å². The van der Waals surface area contributed by atoms with Gasteiger partial charge in [-0.25, -0.2) is 4.98 Å². The average molecular weight is 278 g/mol. The molecule has 1 aliphatic rings. The highest BCUT2D eigenvalue weighted by Gasteiger charge is 2.30. The Hall–Kier alpha value is -0.870. The Morgan fingerprint density at radius 3 is 2.65 bits per heavy atom. The summed E-state index contributed by atoms with van der Waals surface area (Å²) in [5.74, 6) is 0.669. The average Bonchev–Trinajstić information content (AvgIpc) is 3.09. The fraction of sp³-hybridized carbons (Fsp3) is 0.812. The van der Waals surface area contributed by atoms with E-state index in [1.165, 1.54) is 31.4 Å². The third-order valence-corrected chi connectivity index (χ3v) is 4.42. The molecule has 2 rings (SSSR count). The first-order valence-electron chi connectivity index (χ1n) is 8.13. The molecule has 0 radical (unpaired) electrons. The molecule has 1 saturated carbocycles. The van der Waals surface area contributed by atoms with Gasteiger partial charge in [-0.2, -0.15) is 0 Å². The van der Waals surface area contributed by atoms with Gasteiger partial charge in [0.15, 0.2) is 0 Å². The maximum absolute atomic E-state index is 6.15. The Morgan fingerprint density at radius 1 is 1.40 bits per heavy atom. The van der Waals surface area contributed by atoms with Gasteiger partial charge in [0.25, 0.3) is 0 Å². The van der Waals surface area contributed by atoms with Gasteiger partial charge in [0, 0.05) is 31.9 Å². The summed E-state index contributed by atoms with van der Waals surface area (Å²) in [6.45, 7) is 9.53. The van der Waals surface area contributed by atoms with Crippen molar-refractivity contribution < 1.29 is 0 Å². The summed E-state index contributed by atoms with van der Waals surface area (Å²) < 4.78 is 2.24. The first kappa shape index (κ1) is 15.5. The van der Waals surface area contributed by atoms with Crippen LogP contribution < -0.4 is 5.73 Å². The minimum Gasteiger partial charge on any atom is -0.333 e. The van der Waals surface area contributed by atoms with Gasteiger partial charge in [-0.05, 0) is 25.7 Å². The lowest BCUT2D eigenvalue weighted by Crippen LogP contribution is -2.43. The van der Waals surface area contributed by atoms with Crippen LogP contribution >= 0.6 is 0 Å². The summed E-state index contributed by atoms with van der Waals surface area (Å²) in [6.07, 6.45) is 9.31. The molecule has 2 N–H and O–H groups in total. The van der Waals surface area contributed by atoms with E-state index in [0.29, 0.717) is 24.5 Å². The van der Waals surface area contributed by atoms with Crippen LogP contribution in [-0.4, -0.2) is 33.6 Å². The molecule has 4 heteroatoms. The van der Waals surface area contributed by atoms with Crippen molar-refractivity contribution in [2.75, 3.05) is 13.1 Å². The van der Waals surface area contributed by atoms with Gasteiger partial charge >= 0.3 is 0 Å². The van der Waals surface area contributed by atoms with E-state index in [-0.39, 0.29) is 0 Å². The Labute approximate surface area is 123 Å². The lowest BCUT2D eigenvalue weighted by atomic mass is 10.0. The molecule has 114 valence electrons. The number of imidazole rings is 1. The largest absolute Gasteiger partial charge is 0.333 e. The van der Waals surface area contributed by atoms with Gasteiger partial charge in [-0.15, -0.1) is 0 Å². The number of nitrogens with two attached hydrogens (primary N) is 1. The summed E-state index contributed by atoms with van der Waals surface area (Å²) in [5.41, 5.74) is 7.43. The second-order valence-electron chi connectivity index (χ2n) is 6.38. The second-order valence-corrected chi connectivity index (χ2v) is 6.38. The third kappa shape index (κ3) is 3.41. The van der Waals surface area contributed by atoms with E-state index in [1.807, 2.05) is 12.5 Å². The highest BCUT2D eigenvalue weighted by Crippen LogP contribution is 2.31. The van der Waals surface area contributed by atoms with Crippen LogP contribution in [0.2, 0.25) is 0 Å². The van der Waals surface area contributed by atoms with Crippen LogP contribution in [0.25, 0.3) is 0 Å². The topological polar surface area (TPSA) is 47.1 Å². The Bertz CT molecular complexity index is 393. The lowest BCUT2D eigenvalue weighted by molar-refractivity contribution is 0.117. The number of rotatable bonds is 7. The Kier molecular flexibility index (Phi) is 5.61. The predicted octanol–water partition coefficient (Wildman–Crippen LogP) is 2.80. The van der Waals surface area contributed by atoms with E-state index in [0.717, 1.165) is 13.1 Å². The van der Waals surface area contributed by atoms with Crippen LogP contribution in [0.4, 0.5) is 0 Å². The molecule has 0 spiro atoms. The predicted molar refractivity (Wildman–Crippen MR) is 83.5 cm³/mol. The molecule has 1 atom stereocenters. The SMILES string of the molecule is CCn1cncc1C(CN)N(CC(C)C)C1CCCC1. The van der Waals surface area contributed by atoms with Gasteiger partial charge in [0.2, 0.25) is 0 Å². The summed E-state index contributed by atoms with van der Waals surface area (Å²) in [4.78, 5) is 6.98. The Morgan fingerprint density at radius 2 is 2.10 bits per heavy atom. The van der Waals surface area contributed by atoms with Crippen LogP contribution in [0, 0.1) is 5.92 Å². The maximum atomic E-state index is 6.15. The van der Waals surface area contributed by atoms with Crippen LogP contribution in [0.15, 0.2) is 12.5 Å². The zero-order chi connectivity index (χ0) is 14.5. The molecular weight excluding hydrogens is 248 g/mol.